The zero-order chi connectivity index (χ0) is 14.4. The van der Waals surface area contributed by atoms with Crippen molar-refractivity contribution in [2.24, 2.45) is 18.9 Å². The molecule has 0 saturated heterocycles. The highest BCUT2D eigenvalue weighted by molar-refractivity contribution is 6.20. The monoisotopic (exact) mass is 294 g/mol. The van der Waals surface area contributed by atoms with Gasteiger partial charge in [0.05, 0.1) is 11.1 Å². The SMILES string of the molecule is CCc1nn(C)c2c1nc(C(C)Cl)n2CC(C)C1CC1. The lowest BCUT2D eigenvalue weighted by molar-refractivity contribution is 0.424. The lowest BCUT2D eigenvalue weighted by Crippen LogP contribution is -2.14. The molecule has 0 radical (unpaired) electrons. The zero-order valence-corrected chi connectivity index (χ0v) is 13.5. The van der Waals surface area contributed by atoms with Crippen molar-refractivity contribution in [1.82, 2.24) is 19.3 Å². The van der Waals surface area contributed by atoms with Gasteiger partial charge in [-0.15, -0.1) is 11.6 Å². The third kappa shape index (κ3) is 2.24. The second-order valence-corrected chi connectivity index (χ2v) is 6.76. The first-order chi connectivity index (χ1) is 9.52. The largest absolute Gasteiger partial charge is 0.311 e. The summed E-state index contributed by atoms with van der Waals surface area (Å²) in [7, 11) is 2.00. The predicted molar refractivity (Wildman–Crippen MR) is 82.0 cm³/mol. The third-order valence-electron chi connectivity index (χ3n) is 4.41. The number of alkyl halides is 1. The van der Waals surface area contributed by atoms with Crippen molar-refractivity contribution in [3.05, 3.63) is 11.5 Å². The van der Waals surface area contributed by atoms with Crippen LogP contribution in [0, 0.1) is 11.8 Å². The molecule has 0 aromatic carbocycles. The van der Waals surface area contributed by atoms with Crippen molar-refractivity contribution in [1.29, 1.82) is 0 Å². The average Bonchev–Trinajstić information content (AvgIpc) is 3.11. The molecule has 2 unspecified atom stereocenters. The second kappa shape index (κ2) is 5.06. The van der Waals surface area contributed by atoms with E-state index in [2.05, 4.69) is 23.5 Å². The first kappa shape index (κ1) is 13.9. The van der Waals surface area contributed by atoms with Gasteiger partial charge in [0.1, 0.15) is 11.3 Å². The fourth-order valence-corrected chi connectivity index (χ4v) is 3.25. The standard InChI is InChI=1S/C15H23ClN4/c1-5-12-13-15(19(4)18-12)20(14(17-13)10(3)16)8-9(2)11-6-7-11/h9-11H,5-8H2,1-4H3. The number of fused-ring (bicyclic) bond motifs is 1. The van der Waals surface area contributed by atoms with Crippen molar-refractivity contribution >= 4 is 22.8 Å². The number of nitrogens with zero attached hydrogens (tertiary/aromatic N) is 4. The maximum absolute atomic E-state index is 6.35. The Labute approximate surface area is 125 Å². The molecule has 1 fully saturated rings. The molecule has 1 saturated carbocycles. The van der Waals surface area contributed by atoms with Crippen LogP contribution in [0.2, 0.25) is 0 Å². The van der Waals surface area contributed by atoms with Gasteiger partial charge in [-0.25, -0.2) is 4.98 Å². The van der Waals surface area contributed by atoms with E-state index in [1.807, 2.05) is 18.7 Å². The van der Waals surface area contributed by atoms with Crippen LogP contribution in [0.1, 0.15) is 50.5 Å². The quantitative estimate of drug-likeness (QED) is 0.789. The van der Waals surface area contributed by atoms with E-state index in [0.717, 1.165) is 41.6 Å². The van der Waals surface area contributed by atoms with Gasteiger partial charge < -0.3 is 4.57 Å². The van der Waals surface area contributed by atoms with Crippen molar-refractivity contribution in [2.45, 2.75) is 52.0 Å². The molecular weight excluding hydrogens is 272 g/mol. The van der Waals surface area contributed by atoms with Crippen LogP contribution < -0.4 is 0 Å². The van der Waals surface area contributed by atoms with E-state index in [-0.39, 0.29) is 5.38 Å². The molecule has 5 heteroatoms. The molecule has 1 aliphatic rings. The molecular formula is C15H23ClN4. The summed E-state index contributed by atoms with van der Waals surface area (Å²) >= 11 is 6.35. The molecule has 0 N–H and O–H groups in total. The maximum atomic E-state index is 6.35. The van der Waals surface area contributed by atoms with Gasteiger partial charge in [0.15, 0.2) is 5.65 Å². The highest BCUT2D eigenvalue weighted by Gasteiger charge is 2.30. The lowest BCUT2D eigenvalue weighted by Gasteiger charge is -2.15. The van der Waals surface area contributed by atoms with Gasteiger partial charge in [-0.3, -0.25) is 4.68 Å². The molecule has 110 valence electrons. The normalized spacial score (nSPS) is 18.6. The van der Waals surface area contributed by atoms with Crippen LogP contribution in [0.5, 0.6) is 0 Å². The minimum absolute atomic E-state index is 0.0708. The molecule has 0 bridgehead atoms. The summed E-state index contributed by atoms with van der Waals surface area (Å²) in [5, 5.41) is 4.52. The van der Waals surface area contributed by atoms with Gasteiger partial charge in [-0.1, -0.05) is 13.8 Å². The number of hydrogen-bond donors (Lipinski definition) is 0. The molecule has 2 aromatic rings. The van der Waals surface area contributed by atoms with E-state index in [1.54, 1.807) is 0 Å². The predicted octanol–water partition coefficient (Wildman–Crippen LogP) is 3.68. The minimum Gasteiger partial charge on any atom is -0.311 e. The van der Waals surface area contributed by atoms with E-state index >= 15 is 0 Å². The van der Waals surface area contributed by atoms with Gasteiger partial charge in [-0.2, -0.15) is 5.10 Å². The highest BCUT2D eigenvalue weighted by atomic mass is 35.5. The van der Waals surface area contributed by atoms with E-state index in [9.17, 15) is 0 Å². The molecule has 2 heterocycles. The zero-order valence-electron chi connectivity index (χ0n) is 12.7. The lowest BCUT2D eigenvalue weighted by atomic mass is 10.1. The molecule has 20 heavy (non-hydrogen) atoms. The number of rotatable bonds is 5. The van der Waals surface area contributed by atoms with E-state index in [4.69, 9.17) is 16.6 Å². The summed E-state index contributed by atoms with van der Waals surface area (Å²) in [4.78, 5) is 4.78. The van der Waals surface area contributed by atoms with Gasteiger partial charge in [0, 0.05) is 13.6 Å². The molecule has 0 aliphatic heterocycles. The Kier molecular flexibility index (Phi) is 3.53. The van der Waals surface area contributed by atoms with Crippen molar-refractivity contribution < 1.29 is 0 Å². The van der Waals surface area contributed by atoms with Gasteiger partial charge in [0.25, 0.3) is 0 Å². The first-order valence-corrected chi connectivity index (χ1v) is 8.02. The summed E-state index contributed by atoms with van der Waals surface area (Å²) < 4.78 is 4.26. The van der Waals surface area contributed by atoms with Crippen LogP contribution in [-0.2, 0) is 20.0 Å². The second-order valence-electron chi connectivity index (χ2n) is 6.11. The van der Waals surface area contributed by atoms with Gasteiger partial charge in [0.2, 0.25) is 0 Å². The Balaban J connectivity index is 2.10. The van der Waals surface area contributed by atoms with Crippen LogP contribution in [0.3, 0.4) is 0 Å². The van der Waals surface area contributed by atoms with Crippen LogP contribution in [-0.4, -0.2) is 19.3 Å². The molecule has 0 amide bonds. The number of imidazole rings is 1. The van der Waals surface area contributed by atoms with Crippen LogP contribution in [0.25, 0.3) is 11.2 Å². The first-order valence-electron chi connectivity index (χ1n) is 7.59. The van der Waals surface area contributed by atoms with E-state index in [0.29, 0.717) is 5.92 Å². The molecule has 4 nitrogen and oxygen atoms in total. The topological polar surface area (TPSA) is 35.6 Å². The van der Waals surface area contributed by atoms with Crippen molar-refractivity contribution in [3.63, 3.8) is 0 Å². The number of aryl methyl sites for hydroxylation is 2. The molecule has 1 aliphatic carbocycles. The van der Waals surface area contributed by atoms with Crippen molar-refractivity contribution in [2.75, 3.05) is 0 Å². The maximum Gasteiger partial charge on any atom is 0.158 e. The Hall–Kier alpha value is -1.03. The number of hydrogen-bond acceptors (Lipinski definition) is 2. The van der Waals surface area contributed by atoms with Crippen LogP contribution >= 0.6 is 11.6 Å². The Morgan fingerprint density at radius 3 is 2.60 bits per heavy atom. The van der Waals surface area contributed by atoms with E-state index < -0.39 is 0 Å². The summed E-state index contributed by atoms with van der Waals surface area (Å²) in [6.07, 6.45) is 3.65. The smallest absolute Gasteiger partial charge is 0.158 e. The molecule has 2 aromatic heterocycles. The average molecular weight is 295 g/mol. The Morgan fingerprint density at radius 2 is 2.05 bits per heavy atom. The summed E-state index contributed by atoms with van der Waals surface area (Å²) in [6.45, 7) is 7.46. The Morgan fingerprint density at radius 1 is 1.35 bits per heavy atom. The number of aromatic nitrogens is 4. The molecule has 2 atom stereocenters. The van der Waals surface area contributed by atoms with Gasteiger partial charge in [-0.05, 0) is 38.0 Å². The molecule has 3 rings (SSSR count). The van der Waals surface area contributed by atoms with Crippen LogP contribution in [0.4, 0.5) is 0 Å². The van der Waals surface area contributed by atoms with Gasteiger partial charge >= 0.3 is 0 Å². The van der Waals surface area contributed by atoms with Crippen LogP contribution in [0.15, 0.2) is 0 Å². The highest BCUT2D eigenvalue weighted by Crippen LogP contribution is 2.38. The summed E-state index contributed by atoms with van der Waals surface area (Å²) in [6, 6.07) is 0. The summed E-state index contributed by atoms with van der Waals surface area (Å²) in [5.41, 5.74) is 3.22. The summed E-state index contributed by atoms with van der Waals surface area (Å²) in [5.74, 6) is 2.54. The Bertz CT molecular complexity index is 621. The molecule has 0 spiro atoms. The fraction of sp³-hybridized carbons (Fsp3) is 0.733. The van der Waals surface area contributed by atoms with Crippen molar-refractivity contribution in [3.8, 4) is 0 Å². The fourth-order valence-electron chi connectivity index (χ4n) is 3.08. The third-order valence-corrected chi connectivity index (χ3v) is 4.60. The number of halogens is 1. The van der Waals surface area contributed by atoms with E-state index in [1.165, 1.54) is 12.8 Å². The minimum atomic E-state index is -0.0708.